The molecule has 0 amide bonds. The molecule has 5 nitrogen and oxygen atoms in total. The van der Waals surface area contributed by atoms with Crippen LogP contribution in [-0.4, -0.2) is 24.2 Å². The number of guanidine groups is 1. The van der Waals surface area contributed by atoms with Crippen LogP contribution in [0.15, 0.2) is 33.8 Å². The number of hydrogen-bond donors (Lipinski definition) is 2. The van der Waals surface area contributed by atoms with Crippen LogP contribution in [0, 0.1) is 13.8 Å². The van der Waals surface area contributed by atoms with Gasteiger partial charge in [0.1, 0.15) is 5.76 Å². The Balaban J connectivity index is 0.00000312. The molecule has 0 aliphatic carbocycles. The van der Waals surface area contributed by atoms with Crippen molar-refractivity contribution in [2.75, 3.05) is 13.1 Å². The first-order valence-corrected chi connectivity index (χ1v) is 8.66. The quantitative estimate of drug-likeness (QED) is 0.378. The molecule has 138 valence electrons. The van der Waals surface area contributed by atoms with E-state index in [9.17, 15) is 0 Å². The molecule has 1 heterocycles. The number of hydrogen-bond acceptors (Lipinski definition) is 3. The molecule has 0 spiro atoms. The highest BCUT2D eigenvalue weighted by atomic mass is 127. The van der Waals surface area contributed by atoms with Crippen LogP contribution in [0.5, 0.6) is 0 Å². The molecule has 0 radical (unpaired) electrons. The van der Waals surface area contributed by atoms with Crippen molar-refractivity contribution >= 4 is 29.9 Å². The van der Waals surface area contributed by atoms with E-state index in [1.165, 1.54) is 16.7 Å². The van der Waals surface area contributed by atoms with Crippen molar-refractivity contribution in [1.82, 2.24) is 15.8 Å². The first kappa shape index (κ1) is 21.5. The fourth-order valence-electron chi connectivity index (χ4n) is 2.73. The minimum absolute atomic E-state index is 0. The summed E-state index contributed by atoms with van der Waals surface area (Å²) in [5.74, 6) is 1.74. The second-order valence-corrected chi connectivity index (χ2v) is 5.80. The van der Waals surface area contributed by atoms with Gasteiger partial charge in [0.25, 0.3) is 0 Å². The molecule has 2 N–H and O–H groups in total. The minimum Gasteiger partial charge on any atom is -0.361 e. The molecular formula is C19H29IN4O. The molecule has 2 rings (SSSR count). The van der Waals surface area contributed by atoms with E-state index in [1.54, 1.807) is 0 Å². The lowest BCUT2D eigenvalue weighted by Crippen LogP contribution is -2.38. The molecule has 25 heavy (non-hydrogen) atoms. The number of halogens is 1. The first-order chi connectivity index (χ1) is 11.7. The van der Waals surface area contributed by atoms with Gasteiger partial charge in [-0.25, -0.2) is 4.99 Å². The fourth-order valence-corrected chi connectivity index (χ4v) is 2.73. The average molecular weight is 456 g/mol. The zero-order valence-corrected chi connectivity index (χ0v) is 17.9. The van der Waals surface area contributed by atoms with E-state index < -0.39 is 0 Å². The van der Waals surface area contributed by atoms with Crippen molar-refractivity contribution in [2.45, 2.75) is 47.1 Å². The van der Waals surface area contributed by atoms with E-state index in [1.807, 2.05) is 13.8 Å². The predicted molar refractivity (Wildman–Crippen MR) is 114 cm³/mol. The van der Waals surface area contributed by atoms with E-state index in [0.717, 1.165) is 43.3 Å². The summed E-state index contributed by atoms with van der Waals surface area (Å²) in [6.45, 7) is 10.5. The predicted octanol–water partition coefficient (Wildman–Crippen LogP) is 3.77. The first-order valence-electron chi connectivity index (χ1n) is 8.66. The molecule has 0 saturated carbocycles. The molecule has 1 aromatic heterocycles. The van der Waals surface area contributed by atoms with Crippen LogP contribution in [-0.2, 0) is 19.4 Å². The lowest BCUT2D eigenvalue weighted by Gasteiger charge is -2.12. The van der Waals surface area contributed by atoms with Crippen LogP contribution >= 0.6 is 24.0 Å². The number of nitrogens with one attached hydrogen (secondary N) is 2. The molecule has 0 unspecified atom stereocenters. The summed E-state index contributed by atoms with van der Waals surface area (Å²) in [6, 6.07) is 8.47. The van der Waals surface area contributed by atoms with Crippen LogP contribution < -0.4 is 10.6 Å². The molecule has 2 aromatic rings. The summed E-state index contributed by atoms with van der Waals surface area (Å²) in [7, 11) is 0. The maximum atomic E-state index is 5.21. The highest BCUT2D eigenvalue weighted by Crippen LogP contribution is 2.12. The van der Waals surface area contributed by atoms with Gasteiger partial charge in [-0.1, -0.05) is 36.3 Å². The Kier molecular flexibility index (Phi) is 9.55. The van der Waals surface area contributed by atoms with Gasteiger partial charge in [0, 0.05) is 18.7 Å². The van der Waals surface area contributed by atoms with Crippen molar-refractivity contribution in [1.29, 1.82) is 0 Å². The van der Waals surface area contributed by atoms with E-state index in [0.29, 0.717) is 6.54 Å². The molecule has 0 fully saturated rings. The Morgan fingerprint density at radius 3 is 2.44 bits per heavy atom. The summed E-state index contributed by atoms with van der Waals surface area (Å²) >= 11 is 0. The Morgan fingerprint density at radius 2 is 1.84 bits per heavy atom. The second kappa shape index (κ2) is 11.1. The average Bonchev–Trinajstić information content (AvgIpc) is 2.91. The normalized spacial score (nSPS) is 11.1. The standard InChI is InChI=1S/C19H28N4O.HI/c1-5-16-9-7-8-10-17(16)13-22-19(20-6-2)21-12-11-18-14(3)23-24-15(18)4;/h7-10H,5-6,11-13H2,1-4H3,(H2,20,21,22);1H. The van der Waals surface area contributed by atoms with Gasteiger partial charge >= 0.3 is 0 Å². The molecule has 0 bridgehead atoms. The highest BCUT2D eigenvalue weighted by molar-refractivity contribution is 14.0. The maximum absolute atomic E-state index is 5.21. The monoisotopic (exact) mass is 456 g/mol. The minimum atomic E-state index is 0. The van der Waals surface area contributed by atoms with Gasteiger partial charge in [0.2, 0.25) is 0 Å². The van der Waals surface area contributed by atoms with E-state index in [4.69, 9.17) is 9.52 Å². The van der Waals surface area contributed by atoms with E-state index in [-0.39, 0.29) is 24.0 Å². The number of aliphatic imine (C=N–C) groups is 1. The third kappa shape index (κ3) is 6.34. The summed E-state index contributed by atoms with van der Waals surface area (Å²) in [5.41, 5.74) is 4.78. The van der Waals surface area contributed by atoms with Crippen molar-refractivity contribution in [3.63, 3.8) is 0 Å². The van der Waals surface area contributed by atoms with Crippen molar-refractivity contribution in [3.8, 4) is 0 Å². The molecule has 0 saturated heterocycles. The Bertz CT molecular complexity index is 662. The topological polar surface area (TPSA) is 62.5 Å². The number of nitrogens with zero attached hydrogens (tertiary/aromatic N) is 2. The van der Waals surface area contributed by atoms with Crippen LogP contribution in [0.3, 0.4) is 0 Å². The summed E-state index contributed by atoms with van der Waals surface area (Å²) in [4.78, 5) is 4.71. The third-order valence-corrected chi connectivity index (χ3v) is 4.10. The Hall–Kier alpha value is -1.57. The molecule has 0 atom stereocenters. The highest BCUT2D eigenvalue weighted by Gasteiger charge is 2.08. The van der Waals surface area contributed by atoms with Crippen molar-refractivity contribution < 1.29 is 4.52 Å². The largest absolute Gasteiger partial charge is 0.361 e. The molecule has 0 aliphatic heterocycles. The van der Waals surface area contributed by atoms with Gasteiger partial charge < -0.3 is 15.2 Å². The Labute approximate surface area is 167 Å². The third-order valence-electron chi connectivity index (χ3n) is 4.10. The summed E-state index contributed by atoms with van der Waals surface area (Å²) in [6.07, 6.45) is 1.90. The molecule has 1 aromatic carbocycles. The van der Waals surface area contributed by atoms with Gasteiger partial charge in [-0.3, -0.25) is 0 Å². The zero-order chi connectivity index (χ0) is 17.4. The van der Waals surface area contributed by atoms with Gasteiger partial charge in [0.05, 0.1) is 12.2 Å². The van der Waals surface area contributed by atoms with E-state index >= 15 is 0 Å². The van der Waals surface area contributed by atoms with Crippen LogP contribution in [0.25, 0.3) is 0 Å². The van der Waals surface area contributed by atoms with Crippen molar-refractivity contribution in [3.05, 3.63) is 52.4 Å². The number of aromatic nitrogens is 1. The van der Waals surface area contributed by atoms with Gasteiger partial charge in [0.15, 0.2) is 5.96 Å². The number of aryl methyl sites for hydroxylation is 3. The van der Waals surface area contributed by atoms with Gasteiger partial charge in [-0.2, -0.15) is 0 Å². The maximum Gasteiger partial charge on any atom is 0.191 e. The van der Waals surface area contributed by atoms with E-state index in [2.05, 4.69) is 53.9 Å². The lowest BCUT2D eigenvalue weighted by atomic mass is 10.1. The van der Waals surface area contributed by atoms with Gasteiger partial charge in [-0.15, -0.1) is 24.0 Å². The molecule has 6 heteroatoms. The molecular weight excluding hydrogens is 427 g/mol. The summed E-state index contributed by atoms with van der Waals surface area (Å²) < 4.78 is 5.21. The SMILES string of the molecule is CCNC(=NCc1ccccc1CC)NCCc1c(C)noc1C.I. The van der Waals surface area contributed by atoms with Crippen LogP contribution in [0.1, 0.15) is 42.0 Å². The van der Waals surface area contributed by atoms with Crippen LogP contribution in [0.4, 0.5) is 0 Å². The lowest BCUT2D eigenvalue weighted by molar-refractivity contribution is 0.392. The molecule has 0 aliphatic rings. The second-order valence-electron chi connectivity index (χ2n) is 5.80. The van der Waals surface area contributed by atoms with Crippen molar-refractivity contribution in [2.24, 2.45) is 4.99 Å². The smallest absolute Gasteiger partial charge is 0.191 e. The fraction of sp³-hybridized carbons (Fsp3) is 0.474. The van der Waals surface area contributed by atoms with Gasteiger partial charge in [-0.05, 0) is 44.7 Å². The Morgan fingerprint density at radius 1 is 1.12 bits per heavy atom. The number of rotatable bonds is 7. The summed E-state index contributed by atoms with van der Waals surface area (Å²) in [5, 5.41) is 10.7. The zero-order valence-electron chi connectivity index (χ0n) is 15.6. The van der Waals surface area contributed by atoms with Crippen LogP contribution in [0.2, 0.25) is 0 Å². The number of benzene rings is 1.